The van der Waals surface area contributed by atoms with Crippen LogP contribution in [0.15, 0.2) is 29.8 Å². The predicted molar refractivity (Wildman–Crippen MR) is 218 cm³/mol. The van der Waals surface area contributed by atoms with Gasteiger partial charge >= 0.3 is 11.9 Å². The van der Waals surface area contributed by atoms with E-state index in [0.29, 0.717) is 18.0 Å². The van der Waals surface area contributed by atoms with Crippen LogP contribution < -0.4 is 14.8 Å². The van der Waals surface area contributed by atoms with E-state index < -0.39 is 17.0 Å². The number of nitrogens with zero attached hydrogens (tertiary/aromatic N) is 3. The number of nitrogens with one attached hydrogen (secondary N) is 1. The van der Waals surface area contributed by atoms with Gasteiger partial charge in [0.25, 0.3) is 0 Å². The number of esters is 2. The number of aryl methyl sites for hydroxylation is 1. The van der Waals surface area contributed by atoms with E-state index in [0.717, 1.165) is 82.5 Å². The number of benzene rings is 2. The molecule has 1 amide bonds. The van der Waals surface area contributed by atoms with Gasteiger partial charge in [-0.2, -0.15) is 0 Å². The Hall–Kier alpha value is -4.55. The molecule has 6 aliphatic heterocycles. The fourth-order valence-electron chi connectivity index (χ4n) is 13.7. The maximum absolute atomic E-state index is 14.1. The number of piperidine rings is 1. The van der Waals surface area contributed by atoms with Crippen LogP contribution >= 0.6 is 0 Å². The molecule has 5 saturated heterocycles. The number of rotatable bonds is 6. The van der Waals surface area contributed by atoms with Crippen LogP contribution in [0.2, 0.25) is 0 Å². The molecule has 8 bridgehead atoms. The van der Waals surface area contributed by atoms with Gasteiger partial charge in [0.05, 0.1) is 64.0 Å². The van der Waals surface area contributed by atoms with Crippen LogP contribution in [0.5, 0.6) is 11.5 Å². The lowest BCUT2D eigenvalue weighted by Gasteiger charge is -2.51. The number of aromatic nitrogens is 1. The molecule has 1 spiro atoms. The van der Waals surface area contributed by atoms with Crippen LogP contribution in [0.4, 0.5) is 5.69 Å². The fourth-order valence-corrected chi connectivity index (χ4v) is 13.7. The summed E-state index contributed by atoms with van der Waals surface area (Å²) < 4.78 is 32.7. The normalized spacial score (nSPS) is 35.4. The molecular formula is C46H56N4O8. The first-order valence-corrected chi connectivity index (χ1v) is 21.1. The van der Waals surface area contributed by atoms with Crippen molar-refractivity contribution < 1.29 is 38.1 Å². The molecule has 5 unspecified atom stereocenters. The van der Waals surface area contributed by atoms with E-state index in [1.807, 2.05) is 25.8 Å². The van der Waals surface area contributed by atoms with Gasteiger partial charge in [0, 0.05) is 83.8 Å². The number of hydrogen-bond donors (Lipinski definition) is 1. The van der Waals surface area contributed by atoms with E-state index in [1.54, 1.807) is 14.2 Å². The Labute approximate surface area is 340 Å². The first-order chi connectivity index (χ1) is 27.8. The number of carbonyl (C=O) groups is 3. The summed E-state index contributed by atoms with van der Waals surface area (Å²) in [7, 11) is 8.38. The van der Waals surface area contributed by atoms with Crippen LogP contribution in [-0.2, 0) is 41.1 Å². The van der Waals surface area contributed by atoms with Gasteiger partial charge in [-0.3, -0.25) is 19.3 Å². The summed E-state index contributed by atoms with van der Waals surface area (Å²) in [5.41, 5.74) is 7.93. The summed E-state index contributed by atoms with van der Waals surface area (Å²) in [6.07, 6.45) is 4.41. The minimum Gasteiger partial charge on any atom is -0.496 e. The van der Waals surface area contributed by atoms with Gasteiger partial charge in [0.15, 0.2) is 0 Å². The van der Waals surface area contributed by atoms with E-state index >= 15 is 0 Å². The average Bonchev–Trinajstić information content (AvgIpc) is 3.82. The number of methoxy groups -OCH3 is 4. The van der Waals surface area contributed by atoms with Gasteiger partial charge < -0.3 is 38.5 Å². The molecule has 1 aromatic heterocycles. The van der Waals surface area contributed by atoms with Crippen molar-refractivity contribution in [3.05, 3.63) is 52.2 Å². The van der Waals surface area contributed by atoms with E-state index in [9.17, 15) is 14.4 Å². The number of carbonyl (C=O) groups excluding carboxylic acids is 3. The highest BCUT2D eigenvalue weighted by molar-refractivity contribution is 6.00. The Morgan fingerprint density at radius 3 is 2.43 bits per heavy atom. The third-order valence-corrected chi connectivity index (χ3v) is 16.0. The molecule has 12 heteroatoms. The lowest BCUT2D eigenvalue weighted by molar-refractivity contribution is -0.154. The highest BCUT2D eigenvalue weighted by atomic mass is 16.5. The van der Waals surface area contributed by atoms with Gasteiger partial charge in [0.1, 0.15) is 17.2 Å². The molecule has 1 saturated carbocycles. The van der Waals surface area contributed by atoms with Crippen LogP contribution in [0.25, 0.3) is 22.0 Å². The zero-order valence-corrected chi connectivity index (χ0v) is 35.4. The van der Waals surface area contributed by atoms with Crippen LogP contribution in [-0.4, -0.2) is 98.2 Å². The van der Waals surface area contributed by atoms with Crippen molar-refractivity contribution in [1.82, 2.24) is 14.4 Å². The Morgan fingerprint density at radius 1 is 1.02 bits per heavy atom. The largest absolute Gasteiger partial charge is 0.496 e. The summed E-state index contributed by atoms with van der Waals surface area (Å²) >= 11 is 0. The maximum Gasteiger partial charge on any atom is 0.313 e. The lowest BCUT2D eigenvalue weighted by atomic mass is 9.54. The topological polar surface area (TPSA) is 121 Å². The van der Waals surface area contributed by atoms with Gasteiger partial charge in [-0.1, -0.05) is 25.5 Å². The molecule has 6 fully saturated rings. The van der Waals surface area contributed by atoms with Crippen molar-refractivity contribution in [2.24, 2.45) is 36.6 Å². The second-order valence-electron chi connectivity index (χ2n) is 18.2. The Bertz CT molecular complexity index is 2350. The predicted octanol–water partition coefficient (Wildman–Crippen LogP) is 6.22. The minimum atomic E-state index is -0.579. The average molecular weight is 793 g/mol. The smallest absolute Gasteiger partial charge is 0.313 e. The molecular weight excluding hydrogens is 737 g/mol. The van der Waals surface area contributed by atoms with Gasteiger partial charge in [0.2, 0.25) is 5.91 Å². The van der Waals surface area contributed by atoms with E-state index in [-0.39, 0.29) is 65.7 Å². The van der Waals surface area contributed by atoms with Gasteiger partial charge in [-0.15, -0.1) is 0 Å². The van der Waals surface area contributed by atoms with Crippen molar-refractivity contribution in [3.63, 3.8) is 0 Å². The summed E-state index contributed by atoms with van der Waals surface area (Å²) in [6, 6.07) is 6.02. The first-order valence-electron chi connectivity index (χ1n) is 21.1. The van der Waals surface area contributed by atoms with E-state index in [1.165, 1.54) is 19.8 Å². The van der Waals surface area contributed by atoms with Crippen molar-refractivity contribution in [2.45, 2.75) is 89.1 Å². The van der Waals surface area contributed by atoms with E-state index in [2.05, 4.69) is 59.8 Å². The molecule has 308 valence electrons. The molecule has 7 heterocycles. The molecule has 3 aromatic rings. The molecule has 2 aliphatic carbocycles. The zero-order chi connectivity index (χ0) is 40.9. The molecule has 12 nitrogen and oxygen atoms in total. The first kappa shape index (κ1) is 37.7. The number of allylic oxidation sites excluding steroid dienone is 1. The quantitative estimate of drug-likeness (QED) is 0.228. The minimum absolute atomic E-state index is 0.0234. The number of fused-ring (bicyclic) bond motifs is 7. The zero-order valence-electron chi connectivity index (χ0n) is 35.4. The molecule has 2 aromatic carbocycles. The Morgan fingerprint density at radius 2 is 1.76 bits per heavy atom. The highest BCUT2D eigenvalue weighted by Crippen LogP contribution is 2.69. The Kier molecular flexibility index (Phi) is 8.27. The van der Waals surface area contributed by atoms with Crippen LogP contribution in [0.1, 0.15) is 81.3 Å². The molecule has 8 aliphatic rings. The highest BCUT2D eigenvalue weighted by Gasteiger charge is 2.74. The fraction of sp³-hybridized carbons (Fsp3) is 0.587. The number of ether oxygens (including phenoxy) is 5. The summed E-state index contributed by atoms with van der Waals surface area (Å²) in [5.74, 6) is -0.201. The molecule has 11 rings (SSSR count). The lowest BCUT2D eigenvalue weighted by Crippen LogP contribution is -2.63. The second-order valence-corrected chi connectivity index (χ2v) is 18.2. The standard InChI is InChI=1S/C46H56N4O8/c1-11-24-19-49-15-14-45-29-17-32(55-8)33(22(4)38(29)47-46(45,49)13-12-25(24)37(45)44(53)57-10)27-16-26-30(18-31(27)54-7)48(6)39-34(26)36(43(52)56-9)35-28-20-50(42(51)21(2)3)40(39)41(35)58-23(28)5/h11,16-18,21,23,25,28,35-37,40-41,47H,12-15,19-20H2,1-10H3/b24-11-/t23-,25-,28?,35?,36-,37?,40+,41-,45-,46?/m0/s1. The third-order valence-electron chi connectivity index (χ3n) is 16.0. The van der Waals surface area contributed by atoms with Gasteiger partial charge in [-0.05, 0) is 74.8 Å². The van der Waals surface area contributed by atoms with Crippen LogP contribution in [0.3, 0.4) is 0 Å². The maximum atomic E-state index is 14.1. The van der Waals surface area contributed by atoms with Gasteiger partial charge in [-0.25, -0.2) is 0 Å². The molecule has 0 radical (unpaired) electrons. The summed E-state index contributed by atoms with van der Waals surface area (Å²) in [4.78, 5) is 46.8. The van der Waals surface area contributed by atoms with Crippen molar-refractivity contribution in [1.29, 1.82) is 0 Å². The van der Waals surface area contributed by atoms with Crippen molar-refractivity contribution in [2.75, 3.05) is 53.4 Å². The van der Waals surface area contributed by atoms with Crippen molar-refractivity contribution >= 4 is 34.4 Å². The second kappa shape index (κ2) is 12.7. The van der Waals surface area contributed by atoms with Crippen LogP contribution in [0, 0.1) is 36.5 Å². The van der Waals surface area contributed by atoms with E-state index in [4.69, 9.17) is 23.7 Å². The van der Waals surface area contributed by atoms with Crippen molar-refractivity contribution in [3.8, 4) is 22.6 Å². The molecule has 11 atom stereocenters. The summed E-state index contributed by atoms with van der Waals surface area (Å²) in [5, 5.41) is 5.03. The molecule has 1 N–H and O–H groups in total. The number of amides is 1. The molecule has 58 heavy (non-hydrogen) atoms. The SMILES string of the molecule is C/C=C1/CN2CC[C@@]34c5cc(OC)c(-c6cc7c8c(n(C)c7cc6OC)[C@@H]6[C@H]7O[C@@H](C)C(CN6C(=O)C(C)C)C7[C@H]8C(=O)OC)c(C)c5NC23CC[C@@H]1C4C(=O)OC. The number of hydrogen-bond acceptors (Lipinski definition) is 10. The monoisotopic (exact) mass is 792 g/mol. The number of likely N-dealkylation sites (tertiary alicyclic amines) is 1. The number of anilines is 1. The third kappa shape index (κ3) is 4.35. The Balaban J connectivity index is 1.21. The summed E-state index contributed by atoms with van der Waals surface area (Å²) in [6.45, 7) is 12.4.